The summed E-state index contributed by atoms with van der Waals surface area (Å²) in [7, 11) is -3.72. The van der Waals surface area contributed by atoms with Crippen LogP contribution in [-0.4, -0.2) is 36.4 Å². The number of sulfonamides is 1. The molecule has 1 fully saturated rings. The van der Waals surface area contributed by atoms with Crippen molar-refractivity contribution in [1.82, 2.24) is 4.31 Å². The molecule has 2 aliphatic rings. The van der Waals surface area contributed by atoms with Crippen molar-refractivity contribution < 1.29 is 13.3 Å². The monoisotopic (exact) mass is 414 g/mol. The van der Waals surface area contributed by atoms with E-state index >= 15 is 0 Å². The van der Waals surface area contributed by atoms with Gasteiger partial charge in [-0.2, -0.15) is 9.41 Å². The van der Waals surface area contributed by atoms with Crippen LogP contribution in [-0.2, 0) is 22.9 Å². The standard InChI is InChI=1S/C20H22N4O4S/c25-24(26)20-14-18(29(27,28)23-11-3-4-12-23)9-10-19(20)22-21-17-8-7-15-5-1-2-6-16(15)13-17/h1-2,5-6,9-10,14,22H,3-4,7-8,11-13H2/b21-17+. The molecule has 0 saturated carbocycles. The Morgan fingerprint density at radius 3 is 2.48 bits per heavy atom. The number of hydrogen-bond donors (Lipinski definition) is 1. The van der Waals surface area contributed by atoms with Gasteiger partial charge in [-0.1, -0.05) is 24.3 Å². The molecule has 0 aromatic heterocycles. The van der Waals surface area contributed by atoms with E-state index in [0.717, 1.165) is 37.5 Å². The molecule has 0 amide bonds. The normalized spacial score (nSPS) is 18.6. The maximum Gasteiger partial charge on any atom is 0.295 e. The lowest BCUT2D eigenvalue weighted by Gasteiger charge is -2.17. The Morgan fingerprint density at radius 2 is 1.76 bits per heavy atom. The molecule has 1 heterocycles. The zero-order valence-corrected chi connectivity index (χ0v) is 16.7. The average molecular weight is 414 g/mol. The highest BCUT2D eigenvalue weighted by Gasteiger charge is 2.29. The highest BCUT2D eigenvalue weighted by atomic mass is 32.2. The number of hydrogen-bond acceptors (Lipinski definition) is 6. The summed E-state index contributed by atoms with van der Waals surface area (Å²) in [6, 6.07) is 12.1. The van der Waals surface area contributed by atoms with Gasteiger partial charge in [-0.05, 0) is 48.9 Å². The van der Waals surface area contributed by atoms with E-state index in [1.165, 1.54) is 27.6 Å². The van der Waals surface area contributed by atoms with Crippen molar-refractivity contribution >= 4 is 27.1 Å². The predicted octanol–water partition coefficient (Wildman–Crippen LogP) is 3.34. The van der Waals surface area contributed by atoms with Gasteiger partial charge < -0.3 is 0 Å². The van der Waals surface area contributed by atoms with E-state index in [2.05, 4.69) is 22.7 Å². The summed E-state index contributed by atoms with van der Waals surface area (Å²) in [6.07, 6.45) is 3.96. The van der Waals surface area contributed by atoms with Gasteiger partial charge in [0.1, 0.15) is 5.69 Å². The third-order valence-corrected chi connectivity index (χ3v) is 7.29. The van der Waals surface area contributed by atoms with E-state index in [1.807, 2.05) is 12.1 Å². The molecule has 2 aromatic carbocycles. The number of aryl methyl sites for hydroxylation is 1. The molecule has 29 heavy (non-hydrogen) atoms. The first-order valence-corrected chi connectivity index (χ1v) is 11.1. The molecule has 2 aromatic rings. The van der Waals surface area contributed by atoms with Crippen molar-refractivity contribution in [1.29, 1.82) is 0 Å². The van der Waals surface area contributed by atoms with E-state index in [1.54, 1.807) is 0 Å². The molecule has 1 saturated heterocycles. The molecule has 1 aliphatic carbocycles. The number of rotatable bonds is 5. The van der Waals surface area contributed by atoms with Crippen LogP contribution in [0.3, 0.4) is 0 Å². The zero-order valence-electron chi connectivity index (χ0n) is 15.9. The van der Waals surface area contributed by atoms with Crippen LogP contribution in [0.4, 0.5) is 11.4 Å². The second-order valence-corrected chi connectivity index (χ2v) is 9.22. The van der Waals surface area contributed by atoms with Gasteiger partial charge in [-0.15, -0.1) is 0 Å². The Bertz CT molecular complexity index is 1080. The Balaban J connectivity index is 1.57. The van der Waals surface area contributed by atoms with Crippen LogP contribution in [0.2, 0.25) is 0 Å². The molecule has 0 radical (unpaired) electrons. The summed E-state index contributed by atoms with van der Waals surface area (Å²) in [5, 5.41) is 15.9. The largest absolute Gasteiger partial charge is 0.295 e. The number of fused-ring (bicyclic) bond motifs is 1. The smallest absolute Gasteiger partial charge is 0.272 e. The van der Waals surface area contributed by atoms with Crippen LogP contribution in [0.25, 0.3) is 0 Å². The third kappa shape index (κ3) is 4.01. The minimum Gasteiger partial charge on any atom is -0.272 e. The summed E-state index contributed by atoms with van der Waals surface area (Å²) in [6.45, 7) is 0.899. The van der Waals surface area contributed by atoms with Crippen LogP contribution < -0.4 is 5.43 Å². The average Bonchev–Trinajstić information content (AvgIpc) is 3.27. The minimum absolute atomic E-state index is 0.0594. The van der Waals surface area contributed by atoms with Gasteiger partial charge in [-0.25, -0.2) is 8.42 Å². The summed E-state index contributed by atoms with van der Waals surface area (Å²) in [5.74, 6) is 0. The van der Waals surface area contributed by atoms with Gasteiger partial charge >= 0.3 is 0 Å². The van der Waals surface area contributed by atoms with E-state index < -0.39 is 14.9 Å². The molecule has 0 atom stereocenters. The lowest BCUT2D eigenvalue weighted by Crippen LogP contribution is -2.27. The van der Waals surface area contributed by atoms with Gasteiger partial charge in [0.05, 0.1) is 9.82 Å². The second-order valence-electron chi connectivity index (χ2n) is 7.28. The van der Waals surface area contributed by atoms with Crippen LogP contribution in [0.1, 0.15) is 30.4 Å². The first kappa shape index (κ1) is 19.5. The van der Waals surface area contributed by atoms with Gasteiger partial charge in [0.15, 0.2) is 0 Å². The highest BCUT2D eigenvalue weighted by Crippen LogP contribution is 2.30. The molecular formula is C20H22N4O4S. The SMILES string of the molecule is O=[N+]([O-])c1cc(S(=O)(=O)N2CCCC2)ccc1N/N=C1\CCc2ccccc2C1. The molecule has 1 aliphatic heterocycles. The fourth-order valence-electron chi connectivity index (χ4n) is 3.79. The molecule has 0 spiro atoms. The Kier molecular flexibility index (Phi) is 5.33. The first-order valence-electron chi connectivity index (χ1n) is 9.62. The number of benzene rings is 2. The molecule has 0 unspecified atom stereocenters. The van der Waals surface area contributed by atoms with E-state index in [9.17, 15) is 18.5 Å². The highest BCUT2D eigenvalue weighted by molar-refractivity contribution is 7.89. The van der Waals surface area contributed by atoms with Crippen LogP contribution in [0.5, 0.6) is 0 Å². The molecule has 0 bridgehead atoms. The Labute approximate surface area is 169 Å². The quantitative estimate of drug-likeness (QED) is 0.597. The molecule has 9 heteroatoms. The van der Waals surface area contributed by atoms with E-state index in [0.29, 0.717) is 19.5 Å². The number of anilines is 1. The fourth-order valence-corrected chi connectivity index (χ4v) is 5.33. The molecule has 1 N–H and O–H groups in total. The van der Waals surface area contributed by atoms with Crippen molar-refractivity contribution in [3.05, 3.63) is 63.7 Å². The predicted molar refractivity (Wildman–Crippen MR) is 111 cm³/mol. The van der Waals surface area contributed by atoms with E-state index in [-0.39, 0.29) is 16.3 Å². The van der Waals surface area contributed by atoms with Crippen LogP contribution in [0, 0.1) is 10.1 Å². The van der Waals surface area contributed by atoms with Crippen molar-refractivity contribution in [2.24, 2.45) is 5.10 Å². The summed E-state index contributed by atoms with van der Waals surface area (Å²) < 4.78 is 26.8. The Morgan fingerprint density at radius 1 is 1.03 bits per heavy atom. The summed E-state index contributed by atoms with van der Waals surface area (Å²) in [5.41, 5.74) is 6.08. The van der Waals surface area contributed by atoms with Gasteiger partial charge in [0.2, 0.25) is 10.0 Å². The maximum absolute atomic E-state index is 12.7. The molecule has 8 nitrogen and oxygen atoms in total. The van der Waals surface area contributed by atoms with Crippen molar-refractivity contribution in [2.45, 2.75) is 37.0 Å². The number of hydrazone groups is 1. The second kappa shape index (κ2) is 7.92. The summed E-state index contributed by atoms with van der Waals surface area (Å²) in [4.78, 5) is 10.9. The number of nitro benzene ring substituents is 1. The number of nitrogens with one attached hydrogen (secondary N) is 1. The van der Waals surface area contributed by atoms with Crippen molar-refractivity contribution in [3.63, 3.8) is 0 Å². The van der Waals surface area contributed by atoms with Crippen LogP contribution >= 0.6 is 0 Å². The fraction of sp³-hybridized carbons (Fsp3) is 0.350. The maximum atomic E-state index is 12.7. The first-order chi connectivity index (χ1) is 13.9. The van der Waals surface area contributed by atoms with Gasteiger partial charge in [0, 0.05) is 31.3 Å². The molecular weight excluding hydrogens is 392 g/mol. The van der Waals surface area contributed by atoms with Crippen molar-refractivity contribution in [3.8, 4) is 0 Å². The minimum atomic E-state index is -3.72. The van der Waals surface area contributed by atoms with E-state index in [4.69, 9.17) is 0 Å². The zero-order chi connectivity index (χ0) is 20.4. The van der Waals surface area contributed by atoms with Gasteiger partial charge in [-0.3, -0.25) is 15.5 Å². The lowest BCUT2D eigenvalue weighted by molar-refractivity contribution is -0.384. The molecule has 4 rings (SSSR count). The summed E-state index contributed by atoms with van der Waals surface area (Å²) >= 11 is 0. The Hall–Kier alpha value is -2.78. The molecule has 152 valence electrons. The third-order valence-electron chi connectivity index (χ3n) is 5.40. The lowest BCUT2D eigenvalue weighted by atomic mass is 9.90. The number of nitrogens with zero attached hydrogens (tertiary/aromatic N) is 3. The van der Waals surface area contributed by atoms with Crippen molar-refractivity contribution in [2.75, 3.05) is 18.5 Å². The number of nitro groups is 1. The topological polar surface area (TPSA) is 105 Å². The van der Waals surface area contributed by atoms with Gasteiger partial charge in [0.25, 0.3) is 5.69 Å². The van der Waals surface area contributed by atoms with Crippen LogP contribution in [0.15, 0.2) is 52.5 Å².